The Morgan fingerprint density at radius 3 is 2.48 bits per heavy atom. The summed E-state index contributed by atoms with van der Waals surface area (Å²) in [5.41, 5.74) is 9.34. The molecule has 4 nitrogen and oxygen atoms in total. The van der Waals surface area contributed by atoms with Crippen molar-refractivity contribution in [1.82, 2.24) is 14.9 Å². The molecule has 1 unspecified atom stereocenters. The fraction of sp³-hybridized carbons (Fsp3) is 0.524. The summed E-state index contributed by atoms with van der Waals surface area (Å²) in [5.74, 6) is 0.627. The van der Waals surface area contributed by atoms with Gasteiger partial charge in [-0.1, -0.05) is 26.0 Å². The Kier molecular flexibility index (Phi) is 8.02. The standard InChI is InChI=1S/C21H32N4/c1-17(2)15-19-9-8-13-24-21(19)16-25(14-7-5-11-22)18(3)20-10-4-6-12-23-20/h4,6,8-10,12-13,17-18H,5,7,11,14-16,22H2,1-3H3. The Morgan fingerprint density at radius 2 is 1.80 bits per heavy atom. The Balaban J connectivity index is 2.18. The molecule has 4 heteroatoms. The van der Waals surface area contributed by atoms with E-state index in [9.17, 15) is 0 Å². The number of unbranched alkanes of at least 4 members (excludes halogenated alkanes) is 1. The van der Waals surface area contributed by atoms with E-state index < -0.39 is 0 Å². The zero-order valence-corrected chi connectivity index (χ0v) is 15.9. The SMILES string of the molecule is CC(C)Cc1cccnc1CN(CCCCN)C(C)c1ccccn1. The van der Waals surface area contributed by atoms with Gasteiger partial charge in [0.25, 0.3) is 0 Å². The van der Waals surface area contributed by atoms with Crippen molar-refractivity contribution in [3.8, 4) is 0 Å². The third-order valence-electron chi connectivity index (χ3n) is 4.53. The number of pyridine rings is 2. The molecule has 0 saturated carbocycles. The van der Waals surface area contributed by atoms with E-state index in [2.05, 4.69) is 53.8 Å². The summed E-state index contributed by atoms with van der Waals surface area (Å²) >= 11 is 0. The van der Waals surface area contributed by atoms with Crippen LogP contribution in [-0.2, 0) is 13.0 Å². The number of aromatic nitrogens is 2. The first kappa shape index (κ1) is 19.5. The fourth-order valence-electron chi connectivity index (χ4n) is 3.11. The van der Waals surface area contributed by atoms with Gasteiger partial charge in [-0.05, 0) is 69.0 Å². The number of nitrogens with two attached hydrogens (primary N) is 1. The molecule has 0 radical (unpaired) electrons. The van der Waals surface area contributed by atoms with Crippen LogP contribution in [0.2, 0.25) is 0 Å². The second-order valence-electron chi connectivity index (χ2n) is 7.10. The summed E-state index contributed by atoms with van der Waals surface area (Å²) in [7, 11) is 0. The van der Waals surface area contributed by atoms with Gasteiger partial charge in [-0.3, -0.25) is 14.9 Å². The molecule has 1 atom stereocenters. The number of hydrogen-bond donors (Lipinski definition) is 1. The number of hydrogen-bond acceptors (Lipinski definition) is 4. The van der Waals surface area contributed by atoms with Crippen LogP contribution in [-0.4, -0.2) is 28.0 Å². The molecule has 0 aliphatic carbocycles. The normalized spacial score (nSPS) is 12.7. The van der Waals surface area contributed by atoms with Crippen molar-refractivity contribution in [2.75, 3.05) is 13.1 Å². The van der Waals surface area contributed by atoms with Gasteiger partial charge in [-0.25, -0.2) is 0 Å². The molecule has 0 aromatic carbocycles. The molecule has 2 heterocycles. The van der Waals surface area contributed by atoms with Gasteiger partial charge in [-0.2, -0.15) is 0 Å². The Hall–Kier alpha value is -1.78. The average Bonchev–Trinajstić information content (AvgIpc) is 2.62. The molecule has 2 aromatic heterocycles. The van der Waals surface area contributed by atoms with E-state index >= 15 is 0 Å². The highest BCUT2D eigenvalue weighted by Gasteiger charge is 2.19. The van der Waals surface area contributed by atoms with Gasteiger partial charge in [0.15, 0.2) is 0 Å². The van der Waals surface area contributed by atoms with Crippen molar-refractivity contribution in [3.63, 3.8) is 0 Å². The molecule has 136 valence electrons. The molecule has 0 fully saturated rings. The van der Waals surface area contributed by atoms with Crippen LogP contribution in [0.25, 0.3) is 0 Å². The van der Waals surface area contributed by atoms with Crippen molar-refractivity contribution < 1.29 is 0 Å². The van der Waals surface area contributed by atoms with Crippen molar-refractivity contribution >= 4 is 0 Å². The summed E-state index contributed by atoms with van der Waals surface area (Å²) in [4.78, 5) is 11.7. The van der Waals surface area contributed by atoms with E-state index in [0.29, 0.717) is 5.92 Å². The topological polar surface area (TPSA) is 55.0 Å². The highest BCUT2D eigenvalue weighted by Crippen LogP contribution is 2.22. The third kappa shape index (κ3) is 6.22. The van der Waals surface area contributed by atoms with Crippen LogP contribution < -0.4 is 5.73 Å². The molecule has 0 aliphatic rings. The van der Waals surface area contributed by atoms with Crippen LogP contribution >= 0.6 is 0 Å². The lowest BCUT2D eigenvalue weighted by molar-refractivity contribution is 0.191. The predicted octanol–water partition coefficient (Wildman–Crippen LogP) is 3.98. The minimum absolute atomic E-state index is 0.257. The Bertz CT molecular complexity index is 612. The van der Waals surface area contributed by atoms with E-state index in [0.717, 1.165) is 44.6 Å². The molecule has 2 N–H and O–H groups in total. The van der Waals surface area contributed by atoms with Crippen molar-refractivity contribution in [2.24, 2.45) is 11.7 Å². The predicted molar refractivity (Wildman–Crippen MR) is 104 cm³/mol. The third-order valence-corrected chi connectivity index (χ3v) is 4.53. The molecule has 2 aromatic rings. The van der Waals surface area contributed by atoms with Gasteiger partial charge in [0.1, 0.15) is 0 Å². The molecule has 0 aliphatic heterocycles. The smallest absolute Gasteiger partial charge is 0.0576 e. The summed E-state index contributed by atoms with van der Waals surface area (Å²) in [5, 5.41) is 0. The largest absolute Gasteiger partial charge is 0.330 e. The molecule has 2 rings (SSSR count). The van der Waals surface area contributed by atoms with E-state index in [4.69, 9.17) is 5.73 Å². The quantitative estimate of drug-likeness (QED) is 0.665. The van der Waals surface area contributed by atoms with Crippen molar-refractivity contribution in [2.45, 2.75) is 52.6 Å². The second-order valence-corrected chi connectivity index (χ2v) is 7.10. The molecule has 0 bridgehead atoms. The lowest BCUT2D eigenvalue weighted by Crippen LogP contribution is -2.29. The Morgan fingerprint density at radius 1 is 1.00 bits per heavy atom. The summed E-state index contributed by atoms with van der Waals surface area (Å²) < 4.78 is 0. The summed E-state index contributed by atoms with van der Waals surface area (Å²) in [6.45, 7) is 9.35. The zero-order valence-electron chi connectivity index (χ0n) is 15.9. The lowest BCUT2D eigenvalue weighted by atomic mass is 10.0. The van der Waals surface area contributed by atoms with Gasteiger partial charge >= 0.3 is 0 Å². The first-order chi connectivity index (χ1) is 12.1. The minimum atomic E-state index is 0.257. The van der Waals surface area contributed by atoms with Crippen LogP contribution in [0.5, 0.6) is 0 Å². The number of nitrogens with zero attached hydrogens (tertiary/aromatic N) is 3. The van der Waals surface area contributed by atoms with Gasteiger partial charge in [0.2, 0.25) is 0 Å². The summed E-state index contributed by atoms with van der Waals surface area (Å²) in [6.07, 6.45) is 6.99. The molecule has 0 amide bonds. The highest BCUT2D eigenvalue weighted by atomic mass is 15.2. The molecule has 0 saturated heterocycles. The minimum Gasteiger partial charge on any atom is -0.330 e. The molecule has 25 heavy (non-hydrogen) atoms. The maximum absolute atomic E-state index is 5.69. The zero-order chi connectivity index (χ0) is 18.1. The van der Waals surface area contributed by atoms with Gasteiger partial charge < -0.3 is 5.73 Å². The van der Waals surface area contributed by atoms with Gasteiger partial charge in [0.05, 0.1) is 11.4 Å². The summed E-state index contributed by atoms with van der Waals surface area (Å²) in [6, 6.07) is 10.6. The number of rotatable bonds is 10. The average molecular weight is 341 g/mol. The van der Waals surface area contributed by atoms with Crippen LogP contribution in [0.4, 0.5) is 0 Å². The van der Waals surface area contributed by atoms with Crippen LogP contribution in [0.15, 0.2) is 42.7 Å². The molecular weight excluding hydrogens is 308 g/mol. The first-order valence-corrected chi connectivity index (χ1v) is 9.39. The lowest BCUT2D eigenvalue weighted by Gasteiger charge is -2.29. The van der Waals surface area contributed by atoms with Crippen LogP contribution in [0, 0.1) is 5.92 Å². The molecule has 0 spiro atoms. The van der Waals surface area contributed by atoms with Gasteiger partial charge in [0, 0.05) is 25.0 Å². The van der Waals surface area contributed by atoms with Crippen molar-refractivity contribution in [1.29, 1.82) is 0 Å². The fourth-order valence-corrected chi connectivity index (χ4v) is 3.11. The van der Waals surface area contributed by atoms with E-state index in [1.807, 2.05) is 24.5 Å². The molecular formula is C21H32N4. The maximum Gasteiger partial charge on any atom is 0.0576 e. The first-order valence-electron chi connectivity index (χ1n) is 9.39. The van der Waals surface area contributed by atoms with Crippen molar-refractivity contribution in [3.05, 3.63) is 59.7 Å². The van der Waals surface area contributed by atoms with Gasteiger partial charge in [-0.15, -0.1) is 0 Å². The second kappa shape index (κ2) is 10.3. The van der Waals surface area contributed by atoms with E-state index in [1.54, 1.807) is 0 Å². The van der Waals surface area contributed by atoms with E-state index in [-0.39, 0.29) is 6.04 Å². The maximum atomic E-state index is 5.69. The Labute approximate surface area is 152 Å². The van der Waals surface area contributed by atoms with Crippen LogP contribution in [0.3, 0.4) is 0 Å². The monoisotopic (exact) mass is 340 g/mol. The highest BCUT2D eigenvalue weighted by molar-refractivity contribution is 5.21. The van der Waals surface area contributed by atoms with Crippen LogP contribution in [0.1, 0.15) is 56.6 Å². The van der Waals surface area contributed by atoms with E-state index in [1.165, 1.54) is 11.3 Å².